The van der Waals surface area contributed by atoms with Gasteiger partial charge in [-0.25, -0.2) is 4.52 Å². The Hall–Kier alpha value is -2.63. The van der Waals surface area contributed by atoms with Gasteiger partial charge in [0.25, 0.3) is 5.91 Å². The third kappa shape index (κ3) is 2.74. The number of ether oxygens (including phenoxy) is 1. The number of nitrogens with zero attached hydrogens (tertiary/aromatic N) is 4. The summed E-state index contributed by atoms with van der Waals surface area (Å²) in [5.41, 5.74) is 2.32. The molecule has 5 atom stereocenters. The number of aromatic nitrogens is 2. The second kappa shape index (κ2) is 6.22. The number of piperidine rings is 1. The summed E-state index contributed by atoms with van der Waals surface area (Å²) in [6.45, 7) is 5.15. The summed E-state index contributed by atoms with van der Waals surface area (Å²) in [5.74, 6) is 1.14. The number of carbonyl (C=O) groups is 1. The highest BCUT2D eigenvalue weighted by Gasteiger charge is 2.54. The smallest absolute Gasteiger partial charge is 0.251 e. The van der Waals surface area contributed by atoms with Gasteiger partial charge in [0.15, 0.2) is 6.10 Å². The summed E-state index contributed by atoms with van der Waals surface area (Å²) in [4.78, 5) is 14.9. The van der Waals surface area contributed by atoms with Gasteiger partial charge in [-0.3, -0.25) is 4.79 Å². The van der Waals surface area contributed by atoms with Gasteiger partial charge in [0, 0.05) is 25.7 Å². The van der Waals surface area contributed by atoms with Crippen LogP contribution in [0.25, 0.3) is 5.52 Å². The van der Waals surface area contributed by atoms with Crippen LogP contribution in [0.4, 0.5) is 5.69 Å². The number of morpholine rings is 1. The van der Waals surface area contributed by atoms with E-state index in [-0.39, 0.29) is 12.0 Å². The van der Waals surface area contributed by atoms with Crippen LogP contribution in [0.15, 0.2) is 24.4 Å². The fourth-order valence-corrected chi connectivity index (χ4v) is 4.54. The number of hydrogen-bond acceptors (Lipinski definition) is 6. The highest BCUT2D eigenvalue weighted by molar-refractivity contribution is 5.83. The number of pyridine rings is 1. The molecule has 2 aromatic rings. The minimum absolute atomic E-state index is 0.0240. The van der Waals surface area contributed by atoms with Gasteiger partial charge in [-0.05, 0) is 37.0 Å². The van der Waals surface area contributed by atoms with Crippen molar-refractivity contribution in [3.8, 4) is 6.07 Å². The molecule has 0 spiro atoms. The second-order valence-corrected chi connectivity index (χ2v) is 7.70. The van der Waals surface area contributed by atoms with Crippen molar-refractivity contribution in [2.24, 2.45) is 11.8 Å². The Kier molecular flexibility index (Phi) is 3.81. The quantitative estimate of drug-likeness (QED) is 0.802. The number of fused-ring (bicyclic) bond motifs is 2. The maximum atomic E-state index is 12.8. The molecule has 8 nitrogen and oxygen atoms in total. The van der Waals surface area contributed by atoms with Crippen LogP contribution in [0.2, 0.25) is 0 Å². The van der Waals surface area contributed by atoms with Gasteiger partial charge in [0.1, 0.15) is 11.8 Å². The summed E-state index contributed by atoms with van der Waals surface area (Å²) >= 11 is 0. The summed E-state index contributed by atoms with van der Waals surface area (Å²) < 4.78 is 7.59. The normalized spacial score (nSPS) is 32.1. The molecule has 3 fully saturated rings. The molecule has 0 radical (unpaired) electrons. The van der Waals surface area contributed by atoms with Crippen molar-refractivity contribution in [1.29, 1.82) is 5.26 Å². The van der Waals surface area contributed by atoms with Crippen LogP contribution in [0.1, 0.15) is 12.6 Å². The largest absolute Gasteiger partial charge is 0.364 e. The van der Waals surface area contributed by atoms with E-state index in [1.807, 2.05) is 19.1 Å². The van der Waals surface area contributed by atoms with Crippen LogP contribution in [0.5, 0.6) is 0 Å². The Bertz CT molecular complexity index is 924. The zero-order valence-electron chi connectivity index (χ0n) is 15.1. The standard InChI is InChI=1S/C19H22N6O2/c1-11-9-24(15-3-2-12(6-20)25-16(15)4-5-22-25)10-17(27-11)19(26)23-18-13-7-21-8-14(13)18/h2-5,11,13-14,17-18,21H,7-10H2,1H3,(H,23,26)/t11-,13+,14?,17-,18?/m1/s1. The van der Waals surface area contributed by atoms with Crippen molar-refractivity contribution in [3.05, 3.63) is 30.1 Å². The van der Waals surface area contributed by atoms with Crippen LogP contribution in [-0.2, 0) is 9.53 Å². The lowest BCUT2D eigenvalue weighted by atomic mass is 10.1. The van der Waals surface area contributed by atoms with Crippen molar-refractivity contribution in [2.45, 2.75) is 25.2 Å². The van der Waals surface area contributed by atoms with Gasteiger partial charge in [-0.1, -0.05) is 0 Å². The molecule has 2 aromatic heterocycles. The topological polar surface area (TPSA) is 94.7 Å². The molecule has 5 rings (SSSR count). The molecule has 3 aliphatic rings. The van der Waals surface area contributed by atoms with Crippen LogP contribution < -0.4 is 15.5 Å². The lowest BCUT2D eigenvalue weighted by Crippen LogP contribution is -2.53. The first kappa shape index (κ1) is 16.5. The summed E-state index contributed by atoms with van der Waals surface area (Å²) in [6, 6.07) is 8.04. The van der Waals surface area contributed by atoms with Crippen LogP contribution in [0, 0.1) is 23.2 Å². The molecule has 0 bridgehead atoms. The Morgan fingerprint density at radius 2 is 2.15 bits per heavy atom. The summed E-state index contributed by atoms with van der Waals surface area (Å²) in [7, 11) is 0. The maximum Gasteiger partial charge on any atom is 0.251 e. The second-order valence-electron chi connectivity index (χ2n) is 7.70. The SMILES string of the molecule is C[C@@H]1CN(c2ccc(C#N)n3nccc23)C[C@H](C(=O)NC2C3CNC[C@@H]32)O1. The molecule has 2 unspecified atom stereocenters. The molecule has 1 amide bonds. The van der Waals surface area contributed by atoms with Gasteiger partial charge in [0.05, 0.1) is 30.0 Å². The fourth-order valence-electron chi connectivity index (χ4n) is 4.54. The van der Waals surface area contributed by atoms with Crippen LogP contribution >= 0.6 is 0 Å². The van der Waals surface area contributed by atoms with Gasteiger partial charge in [-0.15, -0.1) is 0 Å². The van der Waals surface area contributed by atoms with Crippen LogP contribution in [0.3, 0.4) is 0 Å². The van der Waals surface area contributed by atoms with E-state index in [1.165, 1.54) is 0 Å². The highest BCUT2D eigenvalue weighted by atomic mass is 16.5. The predicted molar refractivity (Wildman–Crippen MR) is 98.2 cm³/mol. The minimum Gasteiger partial charge on any atom is -0.364 e. The molecular formula is C19H22N6O2. The molecule has 2 N–H and O–H groups in total. The number of nitriles is 1. The zero-order valence-corrected chi connectivity index (χ0v) is 15.1. The van der Waals surface area contributed by atoms with Crippen molar-refractivity contribution in [2.75, 3.05) is 31.1 Å². The number of hydrogen-bond donors (Lipinski definition) is 2. The minimum atomic E-state index is -0.498. The Morgan fingerprint density at radius 1 is 1.33 bits per heavy atom. The highest BCUT2D eigenvalue weighted by Crippen LogP contribution is 2.41. The first-order valence-electron chi connectivity index (χ1n) is 9.44. The van der Waals surface area contributed by atoms with E-state index in [1.54, 1.807) is 16.8 Å². The number of amides is 1. The van der Waals surface area contributed by atoms with Crippen molar-refractivity contribution in [3.63, 3.8) is 0 Å². The van der Waals surface area contributed by atoms with E-state index in [0.717, 1.165) is 24.3 Å². The molecule has 2 aliphatic heterocycles. The first-order valence-corrected chi connectivity index (χ1v) is 9.44. The molecule has 27 heavy (non-hydrogen) atoms. The van der Waals surface area contributed by atoms with Crippen molar-refractivity contribution >= 4 is 17.1 Å². The van der Waals surface area contributed by atoms with Gasteiger partial charge >= 0.3 is 0 Å². The first-order chi connectivity index (χ1) is 13.2. The molecule has 1 aliphatic carbocycles. The van der Waals surface area contributed by atoms with Gasteiger partial charge < -0.3 is 20.3 Å². The third-order valence-electron chi connectivity index (χ3n) is 5.94. The Labute approximate surface area is 157 Å². The summed E-state index contributed by atoms with van der Waals surface area (Å²) in [5, 5.41) is 20.0. The van der Waals surface area contributed by atoms with Gasteiger partial charge in [0.2, 0.25) is 0 Å². The lowest BCUT2D eigenvalue weighted by molar-refractivity contribution is -0.137. The van der Waals surface area contributed by atoms with E-state index in [2.05, 4.69) is 26.7 Å². The van der Waals surface area contributed by atoms with Crippen molar-refractivity contribution in [1.82, 2.24) is 20.2 Å². The van der Waals surface area contributed by atoms with E-state index in [4.69, 9.17) is 4.74 Å². The van der Waals surface area contributed by atoms with E-state index in [9.17, 15) is 10.1 Å². The van der Waals surface area contributed by atoms with Gasteiger partial charge in [-0.2, -0.15) is 10.4 Å². The maximum absolute atomic E-state index is 12.8. The molecule has 4 heterocycles. The van der Waals surface area contributed by atoms with E-state index < -0.39 is 6.10 Å². The molecular weight excluding hydrogens is 344 g/mol. The third-order valence-corrected chi connectivity index (χ3v) is 5.94. The average Bonchev–Trinajstić information content (AvgIpc) is 3.08. The molecule has 8 heteroatoms. The average molecular weight is 366 g/mol. The Balaban J connectivity index is 1.35. The predicted octanol–water partition coefficient (Wildman–Crippen LogP) is 0.134. The Morgan fingerprint density at radius 3 is 2.93 bits per heavy atom. The van der Waals surface area contributed by atoms with E-state index >= 15 is 0 Å². The molecule has 1 saturated carbocycles. The molecule has 0 aromatic carbocycles. The summed E-state index contributed by atoms with van der Waals surface area (Å²) in [6.07, 6.45) is 1.13. The monoisotopic (exact) mass is 366 g/mol. The number of rotatable bonds is 3. The van der Waals surface area contributed by atoms with Crippen LogP contribution in [-0.4, -0.2) is 60.0 Å². The number of carbonyl (C=O) groups excluding carboxylic acids is 1. The fraction of sp³-hybridized carbons (Fsp3) is 0.526. The number of nitrogens with one attached hydrogen (secondary N) is 2. The zero-order chi connectivity index (χ0) is 18.5. The molecule has 140 valence electrons. The number of anilines is 1. The van der Waals surface area contributed by atoms with Crippen molar-refractivity contribution < 1.29 is 9.53 Å². The molecule has 2 saturated heterocycles. The van der Waals surface area contributed by atoms with E-state index in [0.29, 0.717) is 36.7 Å². The lowest BCUT2D eigenvalue weighted by Gasteiger charge is -2.37.